The summed E-state index contributed by atoms with van der Waals surface area (Å²) in [6.07, 6.45) is 0.776. The summed E-state index contributed by atoms with van der Waals surface area (Å²) in [5.41, 5.74) is 0.557. The summed E-state index contributed by atoms with van der Waals surface area (Å²) in [7, 11) is 0. The number of nitrogens with one attached hydrogen (secondary N) is 1. The second kappa shape index (κ2) is 4.88. The molecule has 2 saturated heterocycles. The Morgan fingerprint density at radius 1 is 1.09 bits per heavy atom. The van der Waals surface area contributed by atoms with Crippen molar-refractivity contribution in [2.45, 2.75) is 25.0 Å². The van der Waals surface area contributed by atoms with E-state index in [9.17, 15) is 14.7 Å². The van der Waals surface area contributed by atoms with Crippen molar-refractivity contribution in [2.75, 3.05) is 12.1 Å². The van der Waals surface area contributed by atoms with Gasteiger partial charge in [0, 0.05) is 11.8 Å². The maximum atomic E-state index is 12.5. The molecule has 1 aromatic rings. The van der Waals surface area contributed by atoms with Crippen molar-refractivity contribution in [3.05, 3.63) is 18.2 Å². The molecule has 3 aliphatic rings. The molecule has 116 valence electrons. The van der Waals surface area contributed by atoms with E-state index in [1.54, 1.807) is 18.2 Å². The predicted octanol–water partition coefficient (Wildman–Crippen LogP) is 1.23. The van der Waals surface area contributed by atoms with Gasteiger partial charge >= 0.3 is 5.97 Å². The van der Waals surface area contributed by atoms with Gasteiger partial charge < -0.3 is 24.6 Å². The fraction of sp³-hybridized carbons (Fsp3) is 0.467. The van der Waals surface area contributed by atoms with Gasteiger partial charge in [0.15, 0.2) is 11.5 Å². The van der Waals surface area contributed by atoms with Gasteiger partial charge in [0.1, 0.15) is 0 Å². The van der Waals surface area contributed by atoms with Gasteiger partial charge in [-0.25, -0.2) is 0 Å². The van der Waals surface area contributed by atoms with Crippen LogP contribution in [0, 0.1) is 11.8 Å². The summed E-state index contributed by atoms with van der Waals surface area (Å²) in [4.78, 5) is 23.9. The van der Waals surface area contributed by atoms with Gasteiger partial charge in [-0.2, -0.15) is 0 Å². The highest BCUT2D eigenvalue weighted by Crippen LogP contribution is 2.44. The van der Waals surface area contributed by atoms with Crippen molar-refractivity contribution >= 4 is 17.6 Å². The number of benzene rings is 1. The summed E-state index contributed by atoms with van der Waals surface area (Å²) in [5, 5.41) is 12.1. The number of amides is 1. The number of aliphatic carboxylic acids is 1. The van der Waals surface area contributed by atoms with Crippen LogP contribution in [0.5, 0.6) is 11.5 Å². The summed E-state index contributed by atoms with van der Waals surface area (Å²) in [5.74, 6) is -1.52. The van der Waals surface area contributed by atoms with Crippen molar-refractivity contribution < 1.29 is 28.9 Å². The zero-order valence-electron chi connectivity index (χ0n) is 11.7. The lowest BCUT2D eigenvalue weighted by Gasteiger charge is -2.23. The second-order valence-electron chi connectivity index (χ2n) is 5.74. The minimum absolute atomic E-state index is 0.161. The molecule has 7 heteroatoms. The van der Waals surface area contributed by atoms with Crippen LogP contribution in [0.4, 0.5) is 5.69 Å². The molecule has 22 heavy (non-hydrogen) atoms. The van der Waals surface area contributed by atoms with E-state index < -0.39 is 17.8 Å². The van der Waals surface area contributed by atoms with Crippen LogP contribution < -0.4 is 14.8 Å². The van der Waals surface area contributed by atoms with Crippen LogP contribution in [0.3, 0.4) is 0 Å². The molecule has 1 aromatic carbocycles. The number of ether oxygens (including phenoxy) is 3. The average molecular weight is 305 g/mol. The van der Waals surface area contributed by atoms with Crippen molar-refractivity contribution in [1.29, 1.82) is 0 Å². The maximum Gasteiger partial charge on any atom is 0.310 e. The Morgan fingerprint density at radius 3 is 2.59 bits per heavy atom. The first-order valence-electron chi connectivity index (χ1n) is 7.22. The third-order valence-electron chi connectivity index (χ3n) is 4.50. The van der Waals surface area contributed by atoms with Crippen LogP contribution in [-0.4, -0.2) is 36.0 Å². The van der Waals surface area contributed by atoms with Crippen LogP contribution in [0.25, 0.3) is 0 Å². The lowest BCUT2D eigenvalue weighted by Crippen LogP contribution is -2.40. The van der Waals surface area contributed by atoms with E-state index in [4.69, 9.17) is 14.2 Å². The van der Waals surface area contributed by atoms with Gasteiger partial charge in [-0.3, -0.25) is 9.59 Å². The van der Waals surface area contributed by atoms with E-state index in [2.05, 4.69) is 5.32 Å². The molecule has 7 nitrogen and oxygen atoms in total. The van der Waals surface area contributed by atoms with Gasteiger partial charge in [0.05, 0.1) is 24.0 Å². The molecule has 0 aromatic heterocycles. The zero-order valence-corrected chi connectivity index (χ0v) is 11.7. The fourth-order valence-electron chi connectivity index (χ4n) is 3.52. The maximum absolute atomic E-state index is 12.5. The normalized spacial score (nSPS) is 31.3. The highest BCUT2D eigenvalue weighted by molar-refractivity contribution is 5.96. The van der Waals surface area contributed by atoms with E-state index in [1.807, 2.05) is 0 Å². The molecule has 1 amide bonds. The number of carboxylic acids is 1. The number of fused-ring (bicyclic) bond motifs is 3. The molecule has 4 rings (SSSR count). The number of hydrogen-bond acceptors (Lipinski definition) is 5. The van der Waals surface area contributed by atoms with Gasteiger partial charge in [0.2, 0.25) is 12.7 Å². The number of carbonyl (C=O) groups excluding carboxylic acids is 1. The summed E-state index contributed by atoms with van der Waals surface area (Å²) < 4.78 is 16.1. The highest BCUT2D eigenvalue weighted by atomic mass is 16.7. The number of hydrogen-bond donors (Lipinski definition) is 2. The van der Waals surface area contributed by atoms with Gasteiger partial charge in [-0.15, -0.1) is 0 Å². The van der Waals surface area contributed by atoms with Crippen LogP contribution in [-0.2, 0) is 14.3 Å². The molecular formula is C15H15NO6. The number of carbonyl (C=O) groups is 2. The van der Waals surface area contributed by atoms with Crippen LogP contribution in [0.1, 0.15) is 12.8 Å². The Labute approximate surface area is 126 Å². The van der Waals surface area contributed by atoms with Crippen molar-refractivity contribution in [3.63, 3.8) is 0 Å². The molecule has 4 atom stereocenters. The molecular weight excluding hydrogens is 290 g/mol. The van der Waals surface area contributed by atoms with E-state index in [-0.39, 0.29) is 24.9 Å². The quantitative estimate of drug-likeness (QED) is 0.872. The van der Waals surface area contributed by atoms with Crippen molar-refractivity contribution in [3.8, 4) is 11.5 Å². The molecule has 2 N–H and O–H groups in total. The molecule has 0 spiro atoms. The highest BCUT2D eigenvalue weighted by Gasteiger charge is 2.55. The smallest absolute Gasteiger partial charge is 0.310 e. The van der Waals surface area contributed by atoms with E-state index in [1.165, 1.54) is 0 Å². The minimum Gasteiger partial charge on any atom is -0.481 e. The molecule has 3 aliphatic heterocycles. The van der Waals surface area contributed by atoms with Gasteiger partial charge in [-0.1, -0.05) is 0 Å². The topological polar surface area (TPSA) is 94.1 Å². The first kappa shape index (κ1) is 13.4. The number of rotatable bonds is 3. The van der Waals surface area contributed by atoms with Crippen LogP contribution >= 0.6 is 0 Å². The molecule has 3 heterocycles. The van der Waals surface area contributed by atoms with Gasteiger partial charge in [-0.05, 0) is 25.0 Å². The van der Waals surface area contributed by atoms with E-state index >= 15 is 0 Å². The van der Waals surface area contributed by atoms with E-state index in [0.717, 1.165) is 6.42 Å². The molecule has 0 unspecified atom stereocenters. The largest absolute Gasteiger partial charge is 0.481 e. The average Bonchev–Trinajstić information content (AvgIpc) is 3.20. The summed E-state index contributed by atoms with van der Waals surface area (Å²) >= 11 is 0. The van der Waals surface area contributed by atoms with Crippen molar-refractivity contribution in [1.82, 2.24) is 0 Å². The summed E-state index contributed by atoms with van der Waals surface area (Å²) in [6, 6.07) is 5.09. The predicted molar refractivity (Wildman–Crippen MR) is 73.7 cm³/mol. The Morgan fingerprint density at radius 2 is 1.82 bits per heavy atom. The Hall–Kier alpha value is -2.28. The third kappa shape index (κ3) is 2.00. The summed E-state index contributed by atoms with van der Waals surface area (Å²) in [6.45, 7) is 0.161. The first-order chi connectivity index (χ1) is 10.6. The molecule has 2 fully saturated rings. The molecule has 0 aliphatic carbocycles. The lowest BCUT2D eigenvalue weighted by atomic mass is 9.78. The Kier molecular flexibility index (Phi) is 2.97. The van der Waals surface area contributed by atoms with Crippen LogP contribution in [0.15, 0.2) is 18.2 Å². The van der Waals surface area contributed by atoms with Crippen LogP contribution in [0.2, 0.25) is 0 Å². The molecule has 2 bridgehead atoms. The molecule has 0 radical (unpaired) electrons. The Bertz CT molecular complexity index is 645. The monoisotopic (exact) mass is 305 g/mol. The standard InChI is InChI=1S/C15H15NO6/c17-14(12-9-3-4-10(22-9)13(12)15(18)19)16-7-1-2-8-11(5-7)21-6-20-8/h1-2,5,9-10,12-13H,3-4,6H2,(H,16,17)(H,18,19)/t9-,10+,12+,13+/m1/s1. The first-order valence-corrected chi connectivity index (χ1v) is 7.22. The minimum atomic E-state index is -0.974. The number of carboxylic acid groups (broad SMARTS) is 1. The lowest BCUT2D eigenvalue weighted by molar-refractivity contribution is -0.147. The SMILES string of the molecule is O=C(O)[C@@H]1[C@@H](C(=O)Nc2ccc3c(c2)OCO3)[C@H]2CC[C@@H]1O2. The molecule has 0 saturated carbocycles. The van der Waals surface area contributed by atoms with Crippen molar-refractivity contribution in [2.24, 2.45) is 11.8 Å². The fourth-order valence-corrected chi connectivity index (χ4v) is 3.52. The second-order valence-corrected chi connectivity index (χ2v) is 5.74. The third-order valence-corrected chi connectivity index (χ3v) is 4.50. The van der Waals surface area contributed by atoms with E-state index in [0.29, 0.717) is 23.6 Å². The Balaban J connectivity index is 1.53. The van der Waals surface area contributed by atoms with Gasteiger partial charge in [0.25, 0.3) is 0 Å². The number of anilines is 1. The zero-order chi connectivity index (χ0) is 15.3.